The second kappa shape index (κ2) is 13.8. The minimum atomic E-state index is -0.674. The van der Waals surface area contributed by atoms with Gasteiger partial charge in [-0.15, -0.1) is 0 Å². The van der Waals surface area contributed by atoms with Crippen molar-refractivity contribution in [1.29, 1.82) is 0 Å². The Kier molecular flexibility index (Phi) is 11.9. The van der Waals surface area contributed by atoms with Gasteiger partial charge in [0.15, 0.2) is 0 Å². The molecule has 3 rings (SSSR count). The van der Waals surface area contributed by atoms with E-state index in [0.717, 1.165) is 29.7 Å². The molecule has 1 aromatic rings. The van der Waals surface area contributed by atoms with E-state index < -0.39 is 38.3 Å². The molecule has 0 saturated carbocycles. The first-order valence-corrected chi connectivity index (χ1v) is 13.6. The van der Waals surface area contributed by atoms with E-state index in [1.54, 1.807) is 0 Å². The van der Waals surface area contributed by atoms with Crippen LogP contribution in [0.4, 0.5) is 0 Å². The molecule has 20 radical (unpaired) electrons. The lowest BCUT2D eigenvalue weighted by molar-refractivity contribution is 0.310. The SMILES string of the molecule is [B]B([B])B([B])B(B([B])[B])B1CC1COc1cc(CBr)cc(OCC2CB2B(B([B])[B])B([B])B([B])[B])c1. The van der Waals surface area contributed by atoms with Gasteiger partial charge in [-0.2, -0.15) is 0 Å². The number of hydrogen-bond donors (Lipinski definition) is 0. The van der Waals surface area contributed by atoms with E-state index in [2.05, 4.69) is 15.9 Å². The second-order valence-corrected chi connectivity index (χ2v) is 11.1. The zero-order chi connectivity index (χ0) is 26.7. The maximum Gasteiger partial charge on any atom is 0.123 e. The fourth-order valence-corrected chi connectivity index (χ4v) is 5.64. The summed E-state index contributed by atoms with van der Waals surface area (Å²) >= 11 is 3.52. The molecule has 0 spiro atoms. The summed E-state index contributed by atoms with van der Waals surface area (Å²) in [6.45, 7) is 1.49. The Morgan fingerprint density at radius 2 is 1.06 bits per heavy atom. The molecule has 0 aliphatic carbocycles. The monoisotopic (exact) mass is 502 g/mol. The third-order valence-corrected chi connectivity index (χ3v) is 8.28. The summed E-state index contributed by atoms with van der Waals surface area (Å²) < 4.78 is 12.2. The zero-order valence-corrected chi connectivity index (χ0v) is 22.2. The van der Waals surface area contributed by atoms with Crippen LogP contribution in [0.25, 0.3) is 0 Å². The molecule has 2 aliphatic rings. The van der Waals surface area contributed by atoms with Gasteiger partial charge in [0.25, 0.3) is 0 Å². The van der Waals surface area contributed by atoms with Crippen LogP contribution in [-0.4, -0.2) is 155 Å². The minimum Gasteiger partial charge on any atom is -0.494 e. The summed E-state index contributed by atoms with van der Waals surface area (Å²) in [5, 5.41) is 0.666. The standard InChI is InChI=1S/C13H15B20BrO2/c14-26(15)30(22)32(28(18)19)24-4-10(24)7-35-12-1-9(6-34)2-13(3-12)36-8-11-5-25(11)33(29(20)21)31(23)27(16)17/h1-3,10-11H,4-8H2. The summed E-state index contributed by atoms with van der Waals surface area (Å²) in [5.74, 6) is 2.03. The van der Waals surface area contributed by atoms with Crippen molar-refractivity contribution in [2.75, 3.05) is 13.2 Å². The molecule has 36 heavy (non-hydrogen) atoms. The van der Waals surface area contributed by atoms with E-state index in [1.807, 2.05) is 18.2 Å². The van der Waals surface area contributed by atoms with E-state index in [9.17, 15) is 0 Å². The minimum absolute atomic E-state index is 0.162. The van der Waals surface area contributed by atoms with Crippen molar-refractivity contribution in [1.82, 2.24) is 0 Å². The van der Waals surface area contributed by atoms with Gasteiger partial charge >= 0.3 is 0 Å². The molecule has 2 unspecified atom stereocenters. The highest BCUT2D eigenvalue weighted by Crippen LogP contribution is 2.41. The Bertz CT molecular complexity index is 786. The number of halogens is 1. The van der Waals surface area contributed by atoms with Crippen LogP contribution in [0.1, 0.15) is 5.56 Å². The Hall–Kier alpha value is 0.599. The topological polar surface area (TPSA) is 18.5 Å². The Labute approximate surface area is 244 Å². The van der Waals surface area contributed by atoms with E-state index >= 15 is 0 Å². The van der Waals surface area contributed by atoms with Crippen molar-refractivity contribution in [3.63, 3.8) is 0 Å². The number of alkyl halides is 1. The first-order chi connectivity index (χ1) is 16.9. The lowest BCUT2D eigenvalue weighted by Gasteiger charge is -2.25. The highest BCUT2D eigenvalue weighted by atomic mass is 79.9. The van der Waals surface area contributed by atoms with Crippen molar-refractivity contribution in [3.8, 4) is 11.5 Å². The van der Waals surface area contributed by atoms with E-state index in [0.29, 0.717) is 18.5 Å². The Morgan fingerprint density at radius 3 is 1.36 bits per heavy atom. The first kappa shape index (κ1) is 31.1. The van der Waals surface area contributed by atoms with Crippen molar-refractivity contribution >= 4 is 158 Å². The number of hydrogen-bond acceptors (Lipinski definition) is 2. The molecule has 2 atom stereocenters. The maximum absolute atomic E-state index is 6.16. The number of ether oxygens (including phenoxy) is 2. The Balaban J connectivity index is 1.55. The van der Waals surface area contributed by atoms with E-state index in [-0.39, 0.29) is 37.6 Å². The van der Waals surface area contributed by atoms with E-state index in [1.165, 1.54) is 0 Å². The van der Waals surface area contributed by atoms with Gasteiger partial charge in [0.1, 0.15) is 11.5 Å². The second-order valence-electron chi connectivity index (χ2n) is 10.5. The maximum atomic E-state index is 6.16. The van der Waals surface area contributed by atoms with Crippen molar-refractivity contribution in [3.05, 3.63) is 23.8 Å². The molecular weight excluding hydrogens is 484 g/mol. The lowest BCUT2D eigenvalue weighted by atomic mass is 8.57. The average Bonchev–Trinajstić information content (AvgIpc) is 3.73. The molecule has 23 heteroatoms. The van der Waals surface area contributed by atoms with Gasteiger partial charge in [0.2, 0.25) is 0 Å². The van der Waals surface area contributed by atoms with Gasteiger partial charge in [-0.1, -0.05) is 28.6 Å². The smallest absolute Gasteiger partial charge is 0.123 e. The van der Waals surface area contributed by atoms with E-state index in [4.69, 9.17) is 86.8 Å². The normalized spacial score (nSPS) is 17.6. The van der Waals surface area contributed by atoms with Crippen molar-refractivity contribution in [2.45, 2.75) is 29.6 Å². The molecular formula is C13H15B20BrO2. The zero-order valence-electron chi connectivity index (χ0n) is 20.7. The first-order valence-electron chi connectivity index (χ1n) is 12.5. The third kappa shape index (κ3) is 8.30. The molecule has 2 heterocycles. The van der Waals surface area contributed by atoms with Crippen LogP contribution in [0.15, 0.2) is 18.2 Å². The Morgan fingerprint density at radius 1 is 0.667 bits per heavy atom. The fraction of sp³-hybridized carbons (Fsp3) is 0.538. The van der Waals surface area contributed by atoms with Gasteiger partial charge in [-0.3, -0.25) is 0 Å². The van der Waals surface area contributed by atoms with Crippen LogP contribution in [0.2, 0.25) is 24.3 Å². The summed E-state index contributed by atoms with van der Waals surface area (Å²) in [5.41, 5.74) is 1.04. The number of rotatable bonds is 15. The molecule has 2 fully saturated rings. The molecule has 0 N–H and O–H groups in total. The predicted molar refractivity (Wildman–Crippen MR) is 182 cm³/mol. The lowest BCUT2D eigenvalue weighted by Crippen LogP contribution is -2.63. The van der Waals surface area contributed by atoms with Crippen LogP contribution in [-0.2, 0) is 5.33 Å². The van der Waals surface area contributed by atoms with Crippen LogP contribution in [0, 0.1) is 0 Å². The molecule has 0 bridgehead atoms. The summed E-state index contributed by atoms with van der Waals surface area (Å²) in [6, 6.07) is 5.86. The highest BCUT2D eigenvalue weighted by Gasteiger charge is 2.51. The highest BCUT2D eigenvalue weighted by molar-refractivity contribution is 9.08. The molecule has 2 aliphatic heterocycles. The summed E-state index contributed by atoms with van der Waals surface area (Å²) in [4.78, 5) is 0. The number of benzene rings is 1. The molecule has 2 nitrogen and oxygen atoms in total. The van der Waals surface area contributed by atoms with Gasteiger partial charge < -0.3 is 9.47 Å². The van der Waals surface area contributed by atoms with Gasteiger partial charge in [-0.25, -0.2) is 0 Å². The molecule has 2 saturated heterocycles. The molecule has 0 amide bonds. The summed E-state index contributed by atoms with van der Waals surface area (Å²) in [6.07, 6.45) is -1.95. The fourth-order valence-electron chi connectivity index (χ4n) is 5.32. The van der Waals surface area contributed by atoms with Crippen LogP contribution in [0.3, 0.4) is 0 Å². The largest absolute Gasteiger partial charge is 0.494 e. The van der Waals surface area contributed by atoms with Gasteiger partial charge in [0.05, 0.1) is 26.4 Å². The molecule has 0 aromatic heterocycles. The quantitative estimate of drug-likeness (QED) is 0.183. The van der Waals surface area contributed by atoms with Crippen LogP contribution < -0.4 is 9.47 Å². The average molecular weight is 499 g/mol. The van der Waals surface area contributed by atoms with Crippen LogP contribution >= 0.6 is 15.9 Å². The van der Waals surface area contributed by atoms with Crippen molar-refractivity contribution < 1.29 is 9.47 Å². The van der Waals surface area contributed by atoms with Crippen molar-refractivity contribution in [2.24, 2.45) is 0 Å². The predicted octanol–water partition coefficient (Wildman–Crippen LogP) is -3.67. The third-order valence-electron chi connectivity index (χ3n) is 7.63. The summed E-state index contributed by atoms with van der Waals surface area (Å²) in [7, 11) is 59.4. The van der Waals surface area contributed by atoms with Crippen LogP contribution in [0.5, 0.6) is 11.5 Å². The van der Waals surface area contributed by atoms with Gasteiger partial charge in [0, 0.05) is 140 Å². The van der Waals surface area contributed by atoms with Gasteiger partial charge in [-0.05, 0) is 29.3 Å². The molecule has 1 aromatic carbocycles. The molecule has 146 valence electrons.